The van der Waals surface area contributed by atoms with Crippen molar-refractivity contribution in [1.29, 1.82) is 0 Å². The number of rotatable bonds is 5. The summed E-state index contributed by atoms with van der Waals surface area (Å²) in [5.41, 5.74) is 2.88. The van der Waals surface area contributed by atoms with Gasteiger partial charge in [0.2, 0.25) is 5.95 Å². The summed E-state index contributed by atoms with van der Waals surface area (Å²) in [6.07, 6.45) is 1.88. The first-order valence-corrected chi connectivity index (χ1v) is 6.27. The Bertz CT molecular complexity index is 601. The Labute approximate surface area is 117 Å². The van der Waals surface area contributed by atoms with E-state index < -0.39 is 0 Å². The molecule has 0 saturated heterocycles. The average molecular weight is 272 g/mol. The molecule has 6 nitrogen and oxygen atoms in total. The quantitative estimate of drug-likeness (QED) is 0.837. The Kier molecular flexibility index (Phi) is 4.60. The monoisotopic (exact) mass is 272 g/mol. The summed E-state index contributed by atoms with van der Waals surface area (Å²) in [6, 6.07) is 7.93. The number of hydrogen-bond donors (Lipinski definition) is 1. The highest BCUT2D eigenvalue weighted by atomic mass is 16.5. The summed E-state index contributed by atoms with van der Waals surface area (Å²) < 4.78 is 4.56. The number of carbonyl (C=O) groups excluding carboxylic acids is 1. The van der Waals surface area contributed by atoms with Crippen LogP contribution in [0.2, 0.25) is 0 Å². The lowest BCUT2D eigenvalue weighted by Gasteiger charge is -2.07. The highest BCUT2D eigenvalue weighted by Crippen LogP contribution is 2.20. The van der Waals surface area contributed by atoms with Gasteiger partial charge < -0.3 is 10.1 Å². The van der Waals surface area contributed by atoms with E-state index >= 15 is 0 Å². The van der Waals surface area contributed by atoms with Crippen molar-refractivity contribution in [1.82, 2.24) is 15.2 Å². The first-order chi connectivity index (χ1) is 9.70. The molecule has 0 bridgehead atoms. The van der Waals surface area contributed by atoms with Crippen molar-refractivity contribution in [2.45, 2.75) is 13.3 Å². The Morgan fingerprint density at radius 1 is 1.35 bits per heavy atom. The fraction of sp³-hybridized carbons (Fsp3) is 0.286. The maximum atomic E-state index is 11.0. The van der Waals surface area contributed by atoms with Gasteiger partial charge >= 0.3 is 5.97 Å². The van der Waals surface area contributed by atoms with E-state index in [1.54, 1.807) is 6.20 Å². The van der Waals surface area contributed by atoms with Crippen LogP contribution in [0.4, 0.5) is 5.95 Å². The SMILES string of the molecule is COC(=O)CCNc1nncc(-c2ccccc2C)n1. The maximum absolute atomic E-state index is 11.0. The lowest BCUT2D eigenvalue weighted by Crippen LogP contribution is -2.12. The first-order valence-electron chi connectivity index (χ1n) is 6.27. The minimum Gasteiger partial charge on any atom is -0.469 e. The number of esters is 1. The number of methoxy groups -OCH3 is 1. The number of aryl methyl sites for hydroxylation is 1. The molecule has 0 aliphatic carbocycles. The van der Waals surface area contributed by atoms with Gasteiger partial charge in [0.05, 0.1) is 25.4 Å². The number of nitrogens with one attached hydrogen (secondary N) is 1. The van der Waals surface area contributed by atoms with E-state index in [1.807, 2.05) is 31.2 Å². The number of anilines is 1. The molecule has 0 atom stereocenters. The van der Waals surface area contributed by atoms with E-state index in [1.165, 1.54) is 7.11 Å². The van der Waals surface area contributed by atoms with Crippen molar-refractivity contribution in [2.75, 3.05) is 19.0 Å². The van der Waals surface area contributed by atoms with Gasteiger partial charge in [-0.25, -0.2) is 4.98 Å². The second-order valence-electron chi connectivity index (χ2n) is 4.23. The van der Waals surface area contributed by atoms with Crippen LogP contribution < -0.4 is 5.32 Å². The van der Waals surface area contributed by atoms with Crippen molar-refractivity contribution in [2.24, 2.45) is 0 Å². The smallest absolute Gasteiger partial charge is 0.307 e. The molecule has 1 aromatic heterocycles. The number of ether oxygens (including phenoxy) is 1. The summed E-state index contributed by atoms with van der Waals surface area (Å²) in [4.78, 5) is 15.4. The molecule has 0 spiro atoms. The fourth-order valence-electron chi connectivity index (χ4n) is 1.75. The van der Waals surface area contributed by atoms with Crippen LogP contribution >= 0.6 is 0 Å². The fourth-order valence-corrected chi connectivity index (χ4v) is 1.75. The number of aromatic nitrogens is 3. The minimum atomic E-state index is -0.277. The minimum absolute atomic E-state index is 0.258. The lowest BCUT2D eigenvalue weighted by molar-refractivity contribution is -0.140. The van der Waals surface area contributed by atoms with E-state index in [0.29, 0.717) is 12.5 Å². The Morgan fingerprint density at radius 3 is 2.90 bits per heavy atom. The molecule has 0 unspecified atom stereocenters. The maximum Gasteiger partial charge on any atom is 0.307 e. The Hall–Kier alpha value is -2.50. The molecule has 20 heavy (non-hydrogen) atoms. The van der Waals surface area contributed by atoms with E-state index in [4.69, 9.17) is 0 Å². The molecule has 0 radical (unpaired) electrons. The largest absolute Gasteiger partial charge is 0.469 e. The first kappa shape index (κ1) is 13.9. The van der Waals surface area contributed by atoms with Crippen LogP contribution in [0.25, 0.3) is 11.3 Å². The predicted octanol–water partition coefficient (Wildman–Crippen LogP) is 1.82. The van der Waals surface area contributed by atoms with Crippen LogP contribution in [-0.2, 0) is 9.53 Å². The molecule has 0 amide bonds. The highest BCUT2D eigenvalue weighted by Gasteiger charge is 2.06. The van der Waals surface area contributed by atoms with Gasteiger partial charge in [-0.2, -0.15) is 5.10 Å². The molecular weight excluding hydrogens is 256 g/mol. The molecular formula is C14H16N4O2. The molecule has 2 rings (SSSR count). The molecule has 1 N–H and O–H groups in total. The third-order valence-corrected chi connectivity index (χ3v) is 2.82. The normalized spacial score (nSPS) is 10.1. The summed E-state index contributed by atoms with van der Waals surface area (Å²) in [7, 11) is 1.36. The van der Waals surface area contributed by atoms with E-state index in [9.17, 15) is 4.79 Å². The molecule has 0 aliphatic heterocycles. The number of hydrogen-bond acceptors (Lipinski definition) is 6. The van der Waals surface area contributed by atoms with Gasteiger partial charge in [-0.15, -0.1) is 5.10 Å². The Morgan fingerprint density at radius 2 is 2.15 bits per heavy atom. The van der Waals surface area contributed by atoms with Gasteiger partial charge in [0.25, 0.3) is 0 Å². The molecule has 2 aromatic rings. The van der Waals surface area contributed by atoms with Crippen LogP contribution in [0, 0.1) is 6.92 Å². The molecule has 104 valence electrons. The van der Waals surface area contributed by atoms with Gasteiger partial charge in [-0.1, -0.05) is 24.3 Å². The van der Waals surface area contributed by atoms with Gasteiger partial charge in [0.15, 0.2) is 0 Å². The van der Waals surface area contributed by atoms with Gasteiger partial charge in [-0.3, -0.25) is 4.79 Å². The summed E-state index contributed by atoms with van der Waals surface area (Å²) in [5, 5.41) is 10.8. The van der Waals surface area contributed by atoms with E-state index in [-0.39, 0.29) is 12.4 Å². The van der Waals surface area contributed by atoms with Crippen molar-refractivity contribution in [3.63, 3.8) is 0 Å². The van der Waals surface area contributed by atoms with Crippen LogP contribution in [0.5, 0.6) is 0 Å². The summed E-state index contributed by atoms with van der Waals surface area (Å²) in [5.74, 6) is 0.121. The second kappa shape index (κ2) is 6.60. The van der Waals surface area contributed by atoms with Crippen molar-refractivity contribution < 1.29 is 9.53 Å². The number of benzene rings is 1. The van der Waals surface area contributed by atoms with Crippen LogP contribution in [-0.4, -0.2) is 34.8 Å². The summed E-state index contributed by atoms with van der Waals surface area (Å²) in [6.45, 7) is 2.42. The molecule has 0 fully saturated rings. The zero-order valence-electron chi connectivity index (χ0n) is 11.5. The predicted molar refractivity (Wildman–Crippen MR) is 75.1 cm³/mol. The van der Waals surface area contributed by atoms with Crippen LogP contribution in [0.3, 0.4) is 0 Å². The second-order valence-corrected chi connectivity index (χ2v) is 4.23. The third kappa shape index (κ3) is 3.50. The zero-order chi connectivity index (χ0) is 14.4. The molecule has 6 heteroatoms. The molecule has 1 heterocycles. The Balaban J connectivity index is 2.09. The molecule has 1 aromatic carbocycles. The topological polar surface area (TPSA) is 77.0 Å². The summed E-state index contributed by atoms with van der Waals surface area (Å²) >= 11 is 0. The van der Waals surface area contributed by atoms with E-state index in [2.05, 4.69) is 25.2 Å². The van der Waals surface area contributed by atoms with Crippen LogP contribution in [0.15, 0.2) is 30.5 Å². The lowest BCUT2D eigenvalue weighted by atomic mass is 10.1. The number of nitrogens with zero attached hydrogens (tertiary/aromatic N) is 3. The van der Waals surface area contributed by atoms with Crippen molar-refractivity contribution in [3.05, 3.63) is 36.0 Å². The third-order valence-electron chi connectivity index (χ3n) is 2.82. The zero-order valence-corrected chi connectivity index (χ0v) is 11.5. The highest BCUT2D eigenvalue weighted by molar-refractivity contribution is 5.69. The average Bonchev–Trinajstić information content (AvgIpc) is 2.48. The van der Waals surface area contributed by atoms with Gasteiger partial charge in [0, 0.05) is 12.1 Å². The molecule has 0 aliphatic rings. The van der Waals surface area contributed by atoms with E-state index in [0.717, 1.165) is 16.8 Å². The van der Waals surface area contributed by atoms with Crippen molar-refractivity contribution in [3.8, 4) is 11.3 Å². The van der Waals surface area contributed by atoms with Crippen molar-refractivity contribution >= 4 is 11.9 Å². The van der Waals surface area contributed by atoms with Gasteiger partial charge in [0.1, 0.15) is 0 Å². The standard InChI is InChI=1S/C14H16N4O2/c1-10-5-3-4-6-11(10)12-9-16-18-14(17-12)15-8-7-13(19)20-2/h3-6,9H,7-8H2,1-2H3,(H,15,17,18). The van der Waals surface area contributed by atoms with Crippen LogP contribution in [0.1, 0.15) is 12.0 Å². The number of carbonyl (C=O) groups is 1. The molecule has 0 saturated carbocycles. The van der Waals surface area contributed by atoms with Gasteiger partial charge in [-0.05, 0) is 12.5 Å².